The van der Waals surface area contributed by atoms with Gasteiger partial charge in [0.1, 0.15) is 6.61 Å². The highest BCUT2D eigenvalue weighted by Gasteiger charge is 2.20. The summed E-state index contributed by atoms with van der Waals surface area (Å²) in [6, 6.07) is 6.84. The molecular formula is C14H14N2O3. The number of benzene rings is 1. The van der Waals surface area contributed by atoms with Crippen LogP contribution >= 0.6 is 0 Å². The van der Waals surface area contributed by atoms with Crippen LogP contribution in [0.5, 0.6) is 0 Å². The molecule has 1 aromatic carbocycles. The van der Waals surface area contributed by atoms with Gasteiger partial charge in [0.15, 0.2) is 0 Å². The first-order valence-electron chi connectivity index (χ1n) is 6.13. The third-order valence-corrected chi connectivity index (χ3v) is 3.17. The second-order valence-corrected chi connectivity index (χ2v) is 4.43. The van der Waals surface area contributed by atoms with Crippen molar-refractivity contribution < 1.29 is 14.6 Å². The summed E-state index contributed by atoms with van der Waals surface area (Å²) in [5, 5.41) is 15.4. The highest BCUT2D eigenvalue weighted by atomic mass is 16.5. The molecule has 2 heterocycles. The highest BCUT2D eigenvalue weighted by molar-refractivity contribution is 5.87. The van der Waals surface area contributed by atoms with Crippen molar-refractivity contribution >= 4 is 5.97 Å². The molecule has 1 unspecified atom stereocenters. The molecule has 5 heteroatoms. The van der Waals surface area contributed by atoms with Gasteiger partial charge in [-0.2, -0.15) is 0 Å². The van der Waals surface area contributed by atoms with Gasteiger partial charge < -0.3 is 20.5 Å². The van der Waals surface area contributed by atoms with Crippen LogP contribution in [0.3, 0.4) is 0 Å². The lowest BCUT2D eigenvalue weighted by Crippen LogP contribution is -2.35. The Labute approximate surface area is 110 Å². The molecule has 0 aromatic heterocycles. The Bertz CT molecular complexity index is 561. The average Bonchev–Trinajstić information content (AvgIpc) is 2.47. The maximum atomic E-state index is 10.8. The van der Waals surface area contributed by atoms with Crippen molar-refractivity contribution in [2.24, 2.45) is 0 Å². The summed E-state index contributed by atoms with van der Waals surface area (Å²) < 4.78 is 5.56. The fourth-order valence-electron chi connectivity index (χ4n) is 2.16. The van der Waals surface area contributed by atoms with Crippen LogP contribution in [0.4, 0.5) is 0 Å². The molecule has 3 rings (SSSR count). The molecule has 2 aliphatic rings. The van der Waals surface area contributed by atoms with E-state index in [1.807, 2.05) is 24.3 Å². The van der Waals surface area contributed by atoms with Crippen molar-refractivity contribution in [3.8, 4) is 0 Å². The van der Waals surface area contributed by atoms with Gasteiger partial charge in [-0.15, -0.1) is 0 Å². The van der Waals surface area contributed by atoms with E-state index in [0.29, 0.717) is 12.2 Å². The molecule has 0 spiro atoms. The minimum atomic E-state index is -0.913. The maximum absolute atomic E-state index is 10.8. The maximum Gasteiger partial charge on any atom is 0.335 e. The molecule has 1 aromatic rings. The zero-order valence-corrected chi connectivity index (χ0v) is 10.2. The average molecular weight is 258 g/mol. The van der Waals surface area contributed by atoms with E-state index in [2.05, 4.69) is 10.6 Å². The second-order valence-electron chi connectivity index (χ2n) is 4.43. The summed E-state index contributed by atoms with van der Waals surface area (Å²) in [6.07, 6.45) is 4.01. The molecular weight excluding hydrogens is 244 g/mol. The molecule has 0 saturated carbocycles. The third kappa shape index (κ3) is 2.27. The van der Waals surface area contributed by atoms with Crippen molar-refractivity contribution in [2.75, 3.05) is 13.2 Å². The quantitative estimate of drug-likeness (QED) is 0.747. The van der Waals surface area contributed by atoms with Gasteiger partial charge in [-0.25, -0.2) is 4.79 Å². The van der Waals surface area contributed by atoms with E-state index in [4.69, 9.17) is 9.84 Å². The van der Waals surface area contributed by atoms with E-state index in [9.17, 15) is 4.79 Å². The van der Waals surface area contributed by atoms with Gasteiger partial charge in [0, 0.05) is 6.54 Å². The predicted octanol–water partition coefficient (Wildman–Crippen LogP) is 1.37. The zero-order chi connectivity index (χ0) is 13.2. The molecule has 5 nitrogen and oxygen atoms in total. The minimum absolute atomic E-state index is 0.00138. The normalized spacial score (nSPS) is 20.9. The number of hydrogen-bond acceptors (Lipinski definition) is 4. The topological polar surface area (TPSA) is 70.6 Å². The number of carboxylic acid groups (broad SMARTS) is 1. The Morgan fingerprint density at radius 2 is 2.11 bits per heavy atom. The predicted molar refractivity (Wildman–Crippen MR) is 69.4 cm³/mol. The number of carboxylic acids is 1. The van der Waals surface area contributed by atoms with Crippen LogP contribution in [0, 0.1) is 0 Å². The first-order chi connectivity index (χ1) is 9.24. The number of rotatable bonds is 2. The number of nitrogens with one attached hydrogen (secondary N) is 2. The Hall–Kier alpha value is -2.43. The van der Waals surface area contributed by atoms with E-state index in [0.717, 1.165) is 23.7 Å². The molecule has 0 radical (unpaired) electrons. The molecule has 0 amide bonds. The van der Waals surface area contributed by atoms with Crippen LogP contribution in [0.2, 0.25) is 0 Å². The summed E-state index contributed by atoms with van der Waals surface area (Å²) in [5.74, 6) is -0.162. The van der Waals surface area contributed by atoms with Crippen molar-refractivity contribution in [1.82, 2.24) is 10.6 Å². The minimum Gasteiger partial charge on any atom is -0.478 e. The first kappa shape index (κ1) is 11.6. The lowest BCUT2D eigenvalue weighted by molar-refractivity contribution is 0.0697. The van der Waals surface area contributed by atoms with Crippen molar-refractivity contribution in [3.63, 3.8) is 0 Å². The largest absolute Gasteiger partial charge is 0.478 e. The third-order valence-electron chi connectivity index (χ3n) is 3.17. The van der Waals surface area contributed by atoms with Crippen molar-refractivity contribution in [3.05, 3.63) is 59.1 Å². The van der Waals surface area contributed by atoms with Crippen LogP contribution in [0.25, 0.3) is 0 Å². The van der Waals surface area contributed by atoms with Gasteiger partial charge in [-0.3, -0.25) is 0 Å². The lowest BCUT2D eigenvalue weighted by Gasteiger charge is -2.29. The molecule has 0 saturated heterocycles. The van der Waals surface area contributed by atoms with Crippen LogP contribution in [0.1, 0.15) is 22.0 Å². The molecule has 2 aliphatic heterocycles. The fourth-order valence-corrected chi connectivity index (χ4v) is 2.16. The number of aromatic carboxylic acids is 1. The highest BCUT2D eigenvalue weighted by Crippen LogP contribution is 2.23. The summed E-state index contributed by atoms with van der Waals surface area (Å²) in [4.78, 5) is 10.8. The molecule has 3 N–H and O–H groups in total. The molecule has 0 bridgehead atoms. The number of dihydropyridines is 1. The van der Waals surface area contributed by atoms with Gasteiger partial charge in [0.2, 0.25) is 5.88 Å². The molecule has 19 heavy (non-hydrogen) atoms. The molecule has 1 atom stereocenters. The van der Waals surface area contributed by atoms with E-state index < -0.39 is 5.97 Å². The van der Waals surface area contributed by atoms with Gasteiger partial charge in [-0.05, 0) is 23.8 Å². The number of carbonyl (C=O) groups is 1. The Kier molecular flexibility index (Phi) is 2.87. The standard InChI is InChI=1S/C14H14N2O3/c17-14(18)10-3-1-9(2-4-10)11-5-6-12-13(16-11)19-8-7-15-12/h1-6,11,15-16H,7-8H2,(H,17,18). The van der Waals surface area contributed by atoms with Crippen LogP contribution in [0.15, 0.2) is 48.0 Å². The van der Waals surface area contributed by atoms with Crippen molar-refractivity contribution in [1.29, 1.82) is 0 Å². The molecule has 98 valence electrons. The number of allylic oxidation sites excluding steroid dienone is 1. The van der Waals surface area contributed by atoms with Crippen molar-refractivity contribution in [2.45, 2.75) is 6.04 Å². The van der Waals surface area contributed by atoms with Gasteiger partial charge in [0.25, 0.3) is 0 Å². The van der Waals surface area contributed by atoms with Gasteiger partial charge >= 0.3 is 5.97 Å². The summed E-state index contributed by atoms with van der Waals surface area (Å²) in [5.41, 5.74) is 2.26. The van der Waals surface area contributed by atoms with Gasteiger partial charge in [-0.1, -0.05) is 18.2 Å². The fraction of sp³-hybridized carbons (Fsp3) is 0.214. The van der Waals surface area contributed by atoms with Crippen LogP contribution in [-0.2, 0) is 4.74 Å². The van der Waals surface area contributed by atoms with E-state index in [-0.39, 0.29) is 6.04 Å². The van der Waals surface area contributed by atoms with E-state index >= 15 is 0 Å². The number of hydrogen-bond donors (Lipinski definition) is 3. The summed E-state index contributed by atoms with van der Waals surface area (Å²) in [7, 11) is 0. The smallest absolute Gasteiger partial charge is 0.335 e. The Balaban J connectivity index is 1.79. The first-order valence-corrected chi connectivity index (χ1v) is 6.13. The monoisotopic (exact) mass is 258 g/mol. The van der Waals surface area contributed by atoms with Gasteiger partial charge in [0.05, 0.1) is 17.3 Å². The van der Waals surface area contributed by atoms with E-state index in [1.54, 1.807) is 12.1 Å². The van der Waals surface area contributed by atoms with Crippen LogP contribution < -0.4 is 10.6 Å². The SMILES string of the molecule is O=C(O)c1ccc(C2C=CC3=C(N2)OCCN3)cc1. The Morgan fingerprint density at radius 1 is 1.32 bits per heavy atom. The lowest BCUT2D eigenvalue weighted by atomic mass is 10.0. The Morgan fingerprint density at radius 3 is 2.84 bits per heavy atom. The molecule has 0 fully saturated rings. The summed E-state index contributed by atoms with van der Waals surface area (Å²) >= 11 is 0. The number of ether oxygens (including phenoxy) is 1. The van der Waals surface area contributed by atoms with E-state index in [1.165, 1.54) is 0 Å². The molecule has 0 aliphatic carbocycles. The second kappa shape index (κ2) is 4.68. The van der Waals surface area contributed by atoms with Crippen LogP contribution in [-0.4, -0.2) is 24.2 Å². The summed E-state index contributed by atoms with van der Waals surface area (Å²) in [6.45, 7) is 1.45. The zero-order valence-electron chi connectivity index (χ0n) is 10.2.